The highest BCUT2D eigenvalue weighted by Gasteiger charge is 2.31. The summed E-state index contributed by atoms with van der Waals surface area (Å²) in [7, 11) is -3.40. The minimum atomic E-state index is -3.40. The Balaban J connectivity index is 1.92. The first kappa shape index (κ1) is 16.2. The standard InChI is InChI=1S/C14H28N2O3S/c1-12(14-7-3-2-4-8-14)15-20(18,19)16-9-5-6-13(10-16)11-17/h12-15,17H,2-11H2,1H3. The molecular formula is C14H28N2O3S. The predicted molar refractivity (Wildman–Crippen MR) is 79.5 cm³/mol. The highest BCUT2D eigenvalue weighted by molar-refractivity contribution is 7.87. The Morgan fingerprint density at radius 1 is 1.20 bits per heavy atom. The third kappa shape index (κ3) is 4.16. The number of aliphatic hydroxyl groups is 1. The van der Waals surface area contributed by atoms with Gasteiger partial charge in [-0.25, -0.2) is 0 Å². The van der Waals surface area contributed by atoms with Gasteiger partial charge in [-0.3, -0.25) is 0 Å². The summed E-state index contributed by atoms with van der Waals surface area (Å²) >= 11 is 0. The van der Waals surface area contributed by atoms with Gasteiger partial charge in [0.05, 0.1) is 0 Å². The second-order valence-corrected chi connectivity index (χ2v) is 8.06. The van der Waals surface area contributed by atoms with Crippen molar-refractivity contribution in [2.75, 3.05) is 19.7 Å². The molecule has 0 aromatic heterocycles. The van der Waals surface area contributed by atoms with Crippen LogP contribution in [-0.4, -0.2) is 43.6 Å². The van der Waals surface area contributed by atoms with E-state index in [9.17, 15) is 13.5 Å². The van der Waals surface area contributed by atoms with Gasteiger partial charge in [0.1, 0.15) is 0 Å². The fourth-order valence-corrected chi connectivity index (χ4v) is 5.02. The van der Waals surface area contributed by atoms with Gasteiger partial charge in [-0.2, -0.15) is 17.4 Å². The molecule has 2 fully saturated rings. The van der Waals surface area contributed by atoms with E-state index >= 15 is 0 Å². The molecule has 0 radical (unpaired) electrons. The van der Waals surface area contributed by atoms with Gasteiger partial charge in [0.25, 0.3) is 10.2 Å². The van der Waals surface area contributed by atoms with Gasteiger partial charge >= 0.3 is 0 Å². The molecule has 20 heavy (non-hydrogen) atoms. The maximum absolute atomic E-state index is 12.4. The maximum Gasteiger partial charge on any atom is 0.279 e. The summed E-state index contributed by atoms with van der Waals surface area (Å²) in [5.41, 5.74) is 0. The zero-order valence-electron chi connectivity index (χ0n) is 12.4. The number of nitrogens with zero attached hydrogens (tertiary/aromatic N) is 1. The van der Waals surface area contributed by atoms with Gasteiger partial charge in [-0.15, -0.1) is 0 Å². The van der Waals surface area contributed by atoms with Gasteiger partial charge in [0.2, 0.25) is 0 Å². The first-order chi connectivity index (χ1) is 9.53. The summed E-state index contributed by atoms with van der Waals surface area (Å²) in [5.74, 6) is 0.558. The van der Waals surface area contributed by atoms with E-state index in [0.29, 0.717) is 19.0 Å². The van der Waals surface area contributed by atoms with E-state index in [1.54, 1.807) is 0 Å². The molecule has 1 saturated carbocycles. The topological polar surface area (TPSA) is 69.6 Å². The number of rotatable bonds is 5. The monoisotopic (exact) mass is 304 g/mol. The van der Waals surface area contributed by atoms with E-state index in [0.717, 1.165) is 25.7 Å². The van der Waals surface area contributed by atoms with Crippen LogP contribution in [0.2, 0.25) is 0 Å². The summed E-state index contributed by atoms with van der Waals surface area (Å²) in [4.78, 5) is 0. The van der Waals surface area contributed by atoms with Gasteiger partial charge in [0, 0.05) is 25.7 Å². The molecule has 0 aromatic rings. The van der Waals surface area contributed by atoms with E-state index in [-0.39, 0.29) is 18.6 Å². The van der Waals surface area contributed by atoms with Crippen LogP contribution in [0.3, 0.4) is 0 Å². The molecule has 5 nitrogen and oxygen atoms in total. The van der Waals surface area contributed by atoms with E-state index < -0.39 is 10.2 Å². The van der Waals surface area contributed by atoms with Gasteiger partial charge < -0.3 is 5.11 Å². The second kappa shape index (κ2) is 7.20. The molecule has 2 N–H and O–H groups in total. The average molecular weight is 304 g/mol. The normalized spacial score (nSPS) is 28.4. The van der Waals surface area contributed by atoms with Crippen molar-refractivity contribution in [1.29, 1.82) is 0 Å². The number of hydrogen-bond acceptors (Lipinski definition) is 3. The van der Waals surface area contributed by atoms with Crippen molar-refractivity contribution in [2.24, 2.45) is 11.8 Å². The Labute approximate surface area is 122 Å². The van der Waals surface area contributed by atoms with Crippen LogP contribution in [0, 0.1) is 11.8 Å². The third-order valence-corrected chi connectivity index (χ3v) is 6.45. The quantitative estimate of drug-likeness (QED) is 0.808. The van der Waals surface area contributed by atoms with Gasteiger partial charge in [-0.05, 0) is 44.4 Å². The molecule has 2 unspecified atom stereocenters. The number of hydrogen-bond donors (Lipinski definition) is 2. The van der Waals surface area contributed by atoms with Crippen LogP contribution in [0.15, 0.2) is 0 Å². The lowest BCUT2D eigenvalue weighted by Gasteiger charge is -2.34. The molecule has 2 atom stereocenters. The predicted octanol–water partition coefficient (Wildman–Crippen LogP) is 1.49. The maximum atomic E-state index is 12.4. The van der Waals surface area contributed by atoms with Crippen molar-refractivity contribution < 1.29 is 13.5 Å². The lowest BCUT2D eigenvalue weighted by Crippen LogP contribution is -2.50. The summed E-state index contributed by atoms with van der Waals surface area (Å²) in [5, 5.41) is 9.22. The van der Waals surface area contributed by atoms with E-state index in [2.05, 4.69) is 4.72 Å². The Bertz CT molecular complexity index is 393. The molecule has 1 heterocycles. The summed E-state index contributed by atoms with van der Waals surface area (Å²) < 4.78 is 29.2. The summed E-state index contributed by atoms with van der Waals surface area (Å²) in [6.07, 6.45) is 7.72. The molecule has 1 saturated heterocycles. The molecule has 2 aliphatic rings. The van der Waals surface area contributed by atoms with Crippen molar-refractivity contribution in [3.05, 3.63) is 0 Å². The minimum absolute atomic E-state index is 0.00908. The number of aliphatic hydroxyl groups excluding tert-OH is 1. The van der Waals surface area contributed by atoms with Crippen LogP contribution in [0.25, 0.3) is 0 Å². The van der Waals surface area contributed by atoms with Crippen molar-refractivity contribution in [1.82, 2.24) is 9.03 Å². The first-order valence-electron chi connectivity index (χ1n) is 7.91. The van der Waals surface area contributed by atoms with E-state index in [1.165, 1.54) is 23.6 Å². The minimum Gasteiger partial charge on any atom is -0.396 e. The Kier molecular flexibility index (Phi) is 5.84. The zero-order chi connectivity index (χ0) is 14.6. The Hall–Kier alpha value is -0.170. The van der Waals surface area contributed by atoms with Crippen LogP contribution in [0.1, 0.15) is 51.9 Å². The van der Waals surface area contributed by atoms with E-state index in [1.807, 2.05) is 6.92 Å². The molecule has 1 aliphatic heterocycles. The fourth-order valence-electron chi connectivity index (χ4n) is 3.43. The molecule has 118 valence electrons. The van der Waals surface area contributed by atoms with Crippen LogP contribution in [0.5, 0.6) is 0 Å². The molecule has 0 spiro atoms. The average Bonchev–Trinajstić information content (AvgIpc) is 2.48. The third-order valence-electron chi connectivity index (χ3n) is 4.77. The van der Waals surface area contributed by atoms with Crippen molar-refractivity contribution in [2.45, 2.75) is 57.9 Å². The molecule has 0 bridgehead atoms. The van der Waals surface area contributed by atoms with Gasteiger partial charge in [-0.1, -0.05) is 19.3 Å². The van der Waals surface area contributed by atoms with Crippen LogP contribution in [-0.2, 0) is 10.2 Å². The molecule has 2 rings (SSSR count). The SMILES string of the molecule is CC(NS(=O)(=O)N1CCCC(CO)C1)C1CCCCC1. The van der Waals surface area contributed by atoms with Crippen molar-refractivity contribution in [3.63, 3.8) is 0 Å². The lowest BCUT2D eigenvalue weighted by molar-refractivity contribution is 0.164. The largest absolute Gasteiger partial charge is 0.396 e. The van der Waals surface area contributed by atoms with Crippen LogP contribution in [0.4, 0.5) is 0 Å². The number of nitrogens with one attached hydrogen (secondary N) is 1. The van der Waals surface area contributed by atoms with E-state index in [4.69, 9.17) is 0 Å². The molecule has 6 heteroatoms. The molecule has 1 aliphatic carbocycles. The van der Waals surface area contributed by atoms with Gasteiger partial charge in [0.15, 0.2) is 0 Å². The first-order valence-corrected chi connectivity index (χ1v) is 9.35. The Morgan fingerprint density at radius 3 is 2.55 bits per heavy atom. The molecule has 0 aromatic carbocycles. The van der Waals surface area contributed by atoms with Crippen molar-refractivity contribution in [3.8, 4) is 0 Å². The van der Waals surface area contributed by atoms with Crippen LogP contribution >= 0.6 is 0 Å². The highest BCUT2D eigenvalue weighted by Crippen LogP contribution is 2.27. The molecular weight excluding hydrogens is 276 g/mol. The second-order valence-electron chi connectivity index (χ2n) is 6.36. The molecule has 0 amide bonds. The smallest absolute Gasteiger partial charge is 0.279 e. The highest BCUT2D eigenvalue weighted by atomic mass is 32.2. The van der Waals surface area contributed by atoms with Crippen molar-refractivity contribution >= 4 is 10.2 Å². The lowest BCUT2D eigenvalue weighted by atomic mass is 9.85. The summed E-state index contributed by atoms with van der Waals surface area (Å²) in [6.45, 7) is 3.08. The zero-order valence-corrected chi connectivity index (χ0v) is 13.2. The summed E-state index contributed by atoms with van der Waals surface area (Å²) in [6, 6.07) is 0.00908. The fraction of sp³-hybridized carbons (Fsp3) is 1.00. The Morgan fingerprint density at radius 2 is 1.90 bits per heavy atom. The van der Waals surface area contributed by atoms with Crippen LogP contribution < -0.4 is 4.72 Å². The number of piperidine rings is 1.